The maximum Gasteiger partial charge on any atom is 0.335 e. The zero-order valence-electron chi connectivity index (χ0n) is 20.1. The summed E-state index contributed by atoms with van der Waals surface area (Å²) in [6.07, 6.45) is 5.64. The van der Waals surface area contributed by atoms with Gasteiger partial charge < -0.3 is 4.57 Å². The fourth-order valence-electron chi connectivity index (χ4n) is 4.89. The molecule has 0 saturated carbocycles. The van der Waals surface area contributed by atoms with Gasteiger partial charge in [0.1, 0.15) is 16.6 Å². The Bertz CT molecular complexity index is 1540. The molecule has 1 N–H and O–H groups in total. The number of rotatable bonds is 3. The number of hydrogen-bond donors (Lipinski definition) is 1. The van der Waals surface area contributed by atoms with E-state index < -0.39 is 17.8 Å². The highest BCUT2D eigenvalue weighted by molar-refractivity contribution is 9.10. The average Bonchev–Trinajstić information content (AvgIpc) is 3.34. The van der Waals surface area contributed by atoms with Crippen LogP contribution >= 0.6 is 27.3 Å². The summed E-state index contributed by atoms with van der Waals surface area (Å²) in [5.74, 6) is -1.41. The number of nitriles is 1. The van der Waals surface area contributed by atoms with E-state index in [2.05, 4.69) is 27.3 Å². The zero-order valence-corrected chi connectivity index (χ0v) is 22.5. The van der Waals surface area contributed by atoms with E-state index in [1.54, 1.807) is 29.5 Å². The van der Waals surface area contributed by atoms with Crippen molar-refractivity contribution in [3.8, 4) is 11.1 Å². The number of imide groups is 2. The molecule has 0 atom stereocenters. The van der Waals surface area contributed by atoms with Crippen LogP contribution < -0.4 is 10.2 Å². The topological polar surface area (TPSA) is 95.2 Å². The maximum atomic E-state index is 13.4. The highest BCUT2D eigenvalue weighted by Gasteiger charge is 2.37. The SMILES string of the molecule is Cc1cc(N2C(=O)NC(=O)C(=Cc3cc(C)n(-c4sc5c(c4C#N)CCCC5)c3C)C2=O)ccc1Br. The van der Waals surface area contributed by atoms with E-state index in [1.165, 1.54) is 11.0 Å². The Hall–Kier alpha value is -3.48. The summed E-state index contributed by atoms with van der Waals surface area (Å²) in [7, 11) is 0. The van der Waals surface area contributed by atoms with Crippen molar-refractivity contribution in [2.45, 2.75) is 46.5 Å². The van der Waals surface area contributed by atoms with Crippen molar-refractivity contribution >= 4 is 56.9 Å². The summed E-state index contributed by atoms with van der Waals surface area (Å²) < 4.78 is 2.88. The van der Waals surface area contributed by atoms with E-state index in [4.69, 9.17) is 0 Å². The number of anilines is 1. The van der Waals surface area contributed by atoms with Gasteiger partial charge in [0.05, 0.1) is 11.3 Å². The number of carbonyl (C=O) groups excluding carboxylic acids is 3. The number of halogens is 1. The summed E-state index contributed by atoms with van der Waals surface area (Å²) in [5, 5.41) is 13.1. The zero-order chi connectivity index (χ0) is 25.7. The number of thiophene rings is 1. The van der Waals surface area contributed by atoms with Gasteiger partial charge in [-0.05, 0) is 93.5 Å². The number of carbonyl (C=O) groups is 3. The number of amides is 4. The van der Waals surface area contributed by atoms with Crippen LogP contribution in [0.3, 0.4) is 0 Å². The van der Waals surface area contributed by atoms with E-state index in [0.717, 1.165) is 62.6 Å². The van der Waals surface area contributed by atoms with E-state index in [9.17, 15) is 19.6 Å². The van der Waals surface area contributed by atoms with Crippen molar-refractivity contribution in [3.05, 3.63) is 72.8 Å². The lowest BCUT2D eigenvalue weighted by atomic mass is 9.96. The summed E-state index contributed by atoms with van der Waals surface area (Å²) in [6, 6.07) is 8.64. The molecule has 0 spiro atoms. The minimum absolute atomic E-state index is 0.124. The molecule has 7 nitrogen and oxygen atoms in total. The van der Waals surface area contributed by atoms with Crippen molar-refractivity contribution in [2.75, 3.05) is 4.90 Å². The molecule has 1 aliphatic heterocycles. The fourth-order valence-corrected chi connectivity index (χ4v) is 6.58. The monoisotopic (exact) mass is 562 g/mol. The molecule has 182 valence electrons. The Morgan fingerprint density at radius 1 is 1.11 bits per heavy atom. The van der Waals surface area contributed by atoms with Gasteiger partial charge in [0, 0.05) is 20.7 Å². The van der Waals surface area contributed by atoms with Gasteiger partial charge in [0.2, 0.25) is 0 Å². The predicted molar refractivity (Wildman–Crippen MR) is 142 cm³/mol. The number of aromatic nitrogens is 1. The largest absolute Gasteiger partial charge is 0.335 e. The number of nitrogens with zero attached hydrogens (tertiary/aromatic N) is 3. The minimum atomic E-state index is -0.780. The summed E-state index contributed by atoms with van der Waals surface area (Å²) in [5.41, 5.74) is 5.37. The molecular weight excluding hydrogens is 540 g/mol. The third-order valence-electron chi connectivity index (χ3n) is 6.74. The highest BCUT2D eigenvalue weighted by atomic mass is 79.9. The first-order valence-corrected chi connectivity index (χ1v) is 13.2. The molecule has 3 aromatic rings. The van der Waals surface area contributed by atoms with E-state index in [0.29, 0.717) is 16.8 Å². The van der Waals surface area contributed by atoms with Crippen LogP contribution in [-0.4, -0.2) is 22.4 Å². The Morgan fingerprint density at radius 3 is 2.58 bits per heavy atom. The van der Waals surface area contributed by atoms with Crippen LogP contribution in [0.2, 0.25) is 0 Å². The van der Waals surface area contributed by atoms with Gasteiger partial charge in [-0.1, -0.05) is 15.9 Å². The second-order valence-corrected chi connectivity index (χ2v) is 11.0. The molecule has 1 fully saturated rings. The van der Waals surface area contributed by atoms with E-state index in [1.807, 2.05) is 31.4 Å². The Labute approximate surface area is 221 Å². The first-order valence-electron chi connectivity index (χ1n) is 11.6. The third kappa shape index (κ3) is 3.91. The van der Waals surface area contributed by atoms with Gasteiger partial charge in [-0.2, -0.15) is 5.26 Å². The molecule has 1 aliphatic carbocycles. The van der Waals surface area contributed by atoms with E-state index in [-0.39, 0.29) is 5.57 Å². The molecule has 3 heterocycles. The number of benzene rings is 1. The molecule has 5 rings (SSSR count). The molecule has 1 aromatic carbocycles. The number of hydrogen-bond acceptors (Lipinski definition) is 5. The van der Waals surface area contributed by atoms with Crippen molar-refractivity contribution in [1.82, 2.24) is 9.88 Å². The number of fused-ring (bicyclic) bond motifs is 1. The van der Waals surface area contributed by atoms with Crippen LogP contribution in [0.1, 0.15) is 51.4 Å². The number of barbiturate groups is 1. The highest BCUT2D eigenvalue weighted by Crippen LogP contribution is 2.38. The van der Waals surface area contributed by atoms with Crippen LogP contribution in [0, 0.1) is 32.1 Å². The quantitative estimate of drug-likeness (QED) is 0.330. The summed E-state index contributed by atoms with van der Waals surface area (Å²) in [4.78, 5) is 40.9. The second kappa shape index (κ2) is 9.19. The third-order valence-corrected chi connectivity index (χ3v) is 8.91. The Balaban J connectivity index is 1.57. The first-order chi connectivity index (χ1) is 17.2. The summed E-state index contributed by atoms with van der Waals surface area (Å²) >= 11 is 5.07. The van der Waals surface area contributed by atoms with Gasteiger partial charge in [-0.15, -0.1) is 11.3 Å². The molecule has 4 amide bonds. The molecule has 2 aromatic heterocycles. The number of urea groups is 1. The lowest BCUT2D eigenvalue weighted by Gasteiger charge is -2.26. The fraction of sp³-hybridized carbons (Fsp3) is 0.259. The van der Waals surface area contributed by atoms with Crippen molar-refractivity contribution < 1.29 is 14.4 Å². The molecule has 9 heteroatoms. The van der Waals surface area contributed by atoms with Crippen LogP contribution in [0.15, 0.2) is 34.3 Å². The molecule has 0 radical (unpaired) electrons. The standard InChI is InChI=1S/C27H23BrN4O3S/c1-14-10-18(8-9-22(14)28)32-25(34)20(24(33)30-27(32)35)12-17-11-15(2)31(16(17)3)26-21(13-29)19-6-4-5-7-23(19)36-26/h8-12H,4-7H2,1-3H3,(H,30,33,35). The van der Waals surface area contributed by atoms with Crippen molar-refractivity contribution in [2.24, 2.45) is 0 Å². The van der Waals surface area contributed by atoms with Gasteiger partial charge in [0.25, 0.3) is 11.8 Å². The number of aryl methyl sites for hydroxylation is 3. The molecule has 36 heavy (non-hydrogen) atoms. The van der Waals surface area contributed by atoms with Gasteiger partial charge in [0.15, 0.2) is 0 Å². The van der Waals surface area contributed by atoms with Crippen molar-refractivity contribution in [1.29, 1.82) is 5.26 Å². The first kappa shape index (κ1) is 24.2. The lowest BCUT2D eigenvalue weighted by Crippen LogP contribution is -2.54. The predicted octanol–water partition coefficient (Wildman–Crippen LogP) is 5.64. The molecular formula is C27H23BrN4O3S. The lowest BCUT2D eigenvalue weighted by molar-refractivity contribution is -0.122. The van der Waals surface area contributed by atoms with Gasteiger partial charge >= 0.3 is 6.03 Å². The smallest absolute Gasteiger partial charge is 0.308 e. The van der Waals surface area contributed by atoms with Crippen LogP contribution in [0.5, 0.6) is 0 Å². The van der Waals surface area contributed by atoms with Crippen molar-refractivity contribution in [3.63, 3.8) is 0 Å². The average molecular weight is 563 g/mol. The molecule has 0 unspecified atom stereocenters. The Kier molecular flexibility index (Phi) is 6.18. The van der Waals surface area contributed by atoms with Gasteiger partial charge in [-0.3, -0.25) is 14.9 Å². The molecule has 2 aliphatic rings. The van der Waals surface area contributed by atoms with Crippen LogP contribution in [-0.2, 0) is 22.4 Å². The molecule has 1 saturated heterocycles. The van der Waals surface area contributed by atoms with Crippen LogP contribution in [0.4, 0.5) is 10.5 Å². The van der Waals surface area contributed by atoms with Crippen LogP contribution in [0.25, 0.3) is 11.1 Å². The normalized spacial score (nSPS) is 16.8. The summed E-state index contributed by atoms with van der Waals surface area (Å²) in [6.45, 7) is 5.71. The van der Waals surface area contributed by atoms with E-state index >= 15 is 0 Å². The molecule has 0 bridgehead atoms. The Morgan fingerprint density at radius 2 is 1.86 bits per heavy atom. The minimum Gasteiger partial charge on any atom is -0.308 e. The maximum absolute atomic E-state index is 13.4. The van der Waals surface area contributed by atoms with Gasteiger partial charge in [-0.25, -0.2) is 9.69 Å². The number of nitrogens with one attached hydrogen (secondary N) is 1. The second-order valence-electron chi connectivity index (χ2n) is 9.06.